The Hall–Kier alpha value is -4.29. The van der Waals surface area contributed by atoms with Crippen LogP contribution < -0.4 is 4.90 Å². The molecule has 3 rings (SSSR count). The van der Waals surface area contributed by atoms with Crippen molar-refractivity contribution in [1.82, 2.24) is 0 Å². The number of hydrogen-bond acceptors (Lipinski definition) is 6. The van der Waals surface area contributed by atoms with E-state index in [9.17, 15) is 0 Å². The van der Waals surface area contributed by atoms with Gasteiger partial charge in [0, 0.05) is 30.3 Å². The summed E-state index contributed by atoms with van der Waals surface area (Å²) in [6, 6.07) is 24.5. The zero-order valence-electron chi connectivity index (χ0n) is 17.5. The summed E-state index contributed by atoms with van der Waals surface area (Å²) in [5.41, 5.74) is 4.92. The van der Waals surface area contributed by atoms with E-state index >= 15 is 0 Å². The highest BCUT2D eigenvalue weighted by molar-refractivity contribution is 5.53. The van der Waals surface area contributed by atoms with Crippen molar-refractivity contribution in [1.29, 1.82) is 5.26 Å². The van der Waals surface area contributed by atoms with E-state index in [1.807, 2.05) is 36.4 Å². The van der Waals surface area contributed by atoms with E-state index in [0.717, 1.165) is 35.7 Å². The van der Waals surface area contributed by atoms with Crippen LogP contribution in [0.15, 0.2) is 93.3 Å². The van der Waals surface area contributed by atoms with E-state index in [1.165, 1.54) is 5.69 Å². The highest BCUT2D eigenvalue weighted by Crippen LogP contribution is 2.25. The summed E-state index contributed by atoms with van der Waals surface area (Å²) in [6.07, 6.45) is 0. The fraction of sp³-hybridized carbons (Fsp3) is 0.160. The summed E-state index contributed by atoms with van der Waals surface area (Å²) < 4.78 is 0. The molecule has 3 aromatic rings. The third-order valence-electron chi connectivity index (χ3n) is 4.52. The summed E-state index contributed by atoms with van der Waals surface area (Å²) in [5, 5.41) is 25.5. The fourth-order valence-corrected chi connectivity index (χ4v) is 2.85. The Morgan fingerprint density at radius 2 is 1.03 bits per heavy atom. The maximum Gasteiger partial charge on any atom is 0.152 e. The van der Waals surface area contributed by atoms with Crippen molar-refractivity contribution in [2.45, 2.75) is 13.8 Å². The fourth-order valence-electron chi connectivity index (χ4n) is 2.85. The molecule has 0 heterocycles. The van der Waals surface area contributed by atoms with Crippen molar-refractivity contribution >= 4 is 28.4 Å². The molecular formula is C25H22N6. The summed E-state index contributed by atoms with van der Waals surface area (Å²) >= 11 is 0. The smallest absolute Gasteiger partial charge is 0.152 e. The Balaban J connectivity index is 1.61. The number of nitrogens with zero attached hydrogens (tertiary/aromatic N) is 6. The zero-order chi connectivity index (χ0) is 21.9. The van der Waals surface area contributed by atoms with Gasteiger partial charge in [0.25, 0.3) is 0 Å². The highest BCUT2D eigenvalue weighted by atomic mass is 15.1. The quantitative estimate of drug-likeness (QED) is 0.306. The zero-order valence-corrected chi connectivity index (χ0v) is 17.5. The van der Waals surface area contributed by atoms with Gasteiger partial charge in [0.2, 0.25) is 0 Å². The molecule has 152 valence electrons. The molecular weight excluding hydrogens is 384 g/mol. The number of azo groups is 2. The van der Waals surface area contributed by atoms with E-state index in [-0.39, 0.29) is 0 Å². The second-order valence-corrected chi connectivity index (χ2v) is 6.51. The lowest BCUT2D eigenvalue weighted by Gasteiger charge is -2.20. The van der Waals surface area contributed by atoms with Crippen LogP contribution in [0.5, 0.6) is 0 Å². The standard InChI is InChI=1S/C25H22N6/c1-3-31(4-2)25-17-15-24(16-18-25)30-29-23-13-11-22(12-14-23)28-27-21-9-7-20(8-10-21)6-5-19-26/h7-18H,3-4H2,1-2H3. The van der Waals surface area contributed by atoms with Gasteiger partial charge in [-0.05, 0) is 86.6 Å². The molecule has 0 unspecified atom stereocenters. The van der Waals surface area contributed by atoms with Crippen molar-refractivity contribution in [3.05, 3.63) is 78.4 Å². The predicted molar refractivity (Wildman–Crippen MR) is 124 cm³/mol. The van der Waals surface area contributed by atoms with Crippen LogP contribution in [-0.2, 0) is 0 Å². The third kappa shape index (κ3) is 6.35. The molecule has 31 heavy (non-hydrogen) atoms. The van der Waals surface area contributed by atoms with Gasteiger partial charge < -0.3 is 4.90 Å². The molecule has 0 bridgehead atoms. The highest BCUT2D eigenvalue weighted by Gasteiger charge is 2.01. The number of hydrogen-bond donors (Lipinski definition) is 0. The lowest BCUT2D eigenvalue weighted by molar-refractivity contribution is 0.866. The molecule has 0 atom stereocenters. The van der Waals surface area contributed by atoms with Gasteiger partial charge in [0.05, 0.1) is 22.7 Å². The lowest BCUT2D eigenvalue weighted by atomic mass is 10.2. The molecule has 0 aliphatic rings. The molecule has 0 fully saturated rings. The minimum absolute atomic E-state index is 0.708. The van der Waals surface area contributed by atoms with E-state index < -0.39 is 0 Å². The van der Waals surface area contributed by atoms with Crippen LogP contribution >= 0.6 is 0 Å². The Bertz CT molecular complexity index is 1140. The first-order chi connectivity index (χ1) is 15.2. The van der Waals surface area contributed by atoms with E-state index in [4.69, 9.17) is 5.26 Å². The van der Waals surface area contributed by atoms with Crippen molar-refractivity contribution in [2.24, 2.45) is 20.5 Å². The normalized spacial score (nSPS) is 10.6. The molecule has 0 aliphatic carbocycles. The molecule has 6 nitrogen and oxygen atoms in total. The van der Waals surface area contributed by atoms with Gasteiger partial charge in [-0.3, -0.25) is 0 Å². The molecule has 0 spiro atoms. The van der Waals surface area contributed by atoms with Crippen LogP contribution in [0, 0.1) is 23.2 Å². The molecule has 0 aliphatic heterocycles. The van der Waals surface area contributed by atoms with Crippen LogP contribution in [0.3, 0.4) is 0 Å². The van der Waals surface area contributed by atoms with E-state index in [0.29, 0.717) is 5.69 Å². The average Bonchev–Trinajstić information content (AvgIpc) is 2.83. The maximum atomic E-state index is 8.48. The van der Waals surface area contributed by atoms with Gasteiger partial charge in [-0.15, -0.1) is 0 Å². The SMILES string of the molecule is CCN(CC)c1ccc(N=Nc2ccc(N=Nc3ccc(C#CC#N)cc3)cc2)cc1. The molecule has 0 aromatic heterocycles. The van der Waals surface area contributed by atoms with Gasteiger partial charge in [-0.2, -0.15) is 25.7 Å². The van der Waals surface area contributed by atoms with Crippen LogP contribution in [0.1, 0.15) is 19.4 Å². The van der Waals surface area contributed by atoms with Crippen LogP contribution in [0.25, 0.3) is 0 Å². The molecule has 0 saturated heterocycles. The van der Waals surface area contributed by atoms with Gasteiger partial charge in [-0.1, -0.05) is 5.92 Å². The first-order valence-corrected chi connectivity index (χ1v) is 10.0. The van der Waals surface area contributed by atoms with Crippen LogP contribution in [-0.4, -0.2) is 13.1 Å². The number of benzene rings is 3. The molecule has 3 aromatic carbocycles. The summed E-state index contributed by atoms with van der Waals surface area (Å²) in [6.45, 7) is 6.24. The average molecular weight is 406 g/mol. The van der Waals surface area contributed by atoms with Crippen LogP contribution in [0.4, 0.5) is 28.4 Å². The summed E-state index contributed by atoms with van der Waals surface area (Å²) in [5.74, 6) is 5.10. The van der Waals surface area contributed by atoms with Gasteiger partial charge >= 0.3 is 0 Å². The van der Waals surface area contributed by atoms with Crippen molar-refractivity contribution in [3.63, 3.8) is 0 Å². The molecule has 0 amide bonds. The number of anilines is 1. The van der Waals surface area contributed by atoms with Gasteiger partial charge in [0.15, 0.2) is 6.07 Å². The molecule has 0 saturated carbocycles. The Morgan fingerprint density at radius 3 is 1.42 bits per heavy atom. The van der Waals surface area contributed by atoms with Crippen LogP contribution in [0.2, 0.25) is 0 Å². The first kappa shape index (κ1) is 21.4. The van der Waals surface area contributed by atoms with Gasteiger partial charge in [-0.25, -0.2) is 0 Å². The monoisotopic (exact) mass is 406 g/mol. The van der Waals surface area contributed by atoms with Crippen molar-refractivity contribution in [3.8, 4) is 17.9 Å². The van der Waals surface area contributed by atoms with Crippen molar-refractivity contribution < 1.29 is 0 Å². The van der Waals surface area contributed by atoms with E-state index in [1.54, 1.807) is 30.3 Å². The Labute approximate surface area is 182 Å². The lowest BCUT2D eigenvalue weighted by Crippen LogP contribution is -2.21. The molecule has 6 heteroatoms. The van der Waals surface area contributed by atoms with Gasteiger partial charge in [0.1, 0.15) is 0 Å². The Kier molecular flexibility index (Phi) is 7.63. The molecule has 0 radical (unpaired) electrons. The summed E-state index contributed by atoms with van der Waals surface area (Å²) in [4.78, 5) is 2.28. The third-order valence-corrected chi connectivity index (χ3v) is 4.52. The minimum atomic E-state index is 0.708. The van der Waals surface area contributed by atoms with E-state index in [2.05, 4.69) is 63.2 Å². The second-order valence-electron chi connectivity index (χ2n) is 6.51. The topological polar surface area (TPSA) is 76.5 Å². The molecule has 0 N–H and O–H groups in total. The second kappa shape index (κ2) is 11.0. The largest absolute Gasteiger partial charge is 0.372 e. The predicted octanol–water partition coefficient (Wildman–Crippen LogP) is 7.24. The van der Waals surface area contributed by atoms with Crippen molar-refractivity contribution in [2.75, 3.05) is 18.0 Å². The first-order valence-electron chi connectivity index (χ1n) is 10.0. The number of nitriles is 1. The maximum absolute atomic E-state index is 8.48. The Morgan fingerprint density at radius 1 is 0.645 bits per heavy atom. The number of rotatable bonds is 7. The summed E-state index contributed by atoms with van der Waals surface area (Å²) in [7, 11) is 0. The minimum Gasteiger partial charge on any atom is -0.372 e.